The summed E-state index contributed by atoms with van der Waals surface area (Å²) < 4.78 is 35.3. The second-order valence-electron chi connectivity index (χ2n) is 6.35. The molecular formula is C22H24ClF2N3O3. The minimum absolute atomic E-state index is 0.0828. The third kappa shape index (κ3) is 6.18. The number of nitrogens with one attached hydrogen (secondary N) is 1. The molecule has 0 bridgehead atoms. The standard InChI is InChI=1S/C21H21ClFN3O3.CH3F/c1-4-14-5-6-17(28-2)10-18(14)24-21-25-20(27)19(29-3)12-26(21)11-13-7-15(22)9-16(23)8-13;1-2/h5-10,12H,4,11H2,1-3H3,(H,24,25,27);1H3. The van der Waals surface area contributed by atoms with Crippen LogP contribution in [0.3, 0.4) is 0 Å². The van der Waals surface area contributed by atoms with Crippen LogP contribution < -0.4 is 20.3 Å². The van der Waals surface area contributed by atoms with E-state index >= 15 is 0 Å². The van der Waals surface area contributed by atoms with Crippen molar-refractivity contribution in [3.8, 4) is 11.5 Å². The van der Waals surface area contributed by atoms with Crippen molar-refractivity contribution in [1.82, 2.24) is 9.55 Å². The first-order chi connectivity index (χ1) is 14.9. The van der Waals surface area contributed by atoms with Crippen LogP contribution in [0.25, 0.3) is 0 Å². The van der Waals surface area contributed by atoms with Crippen molar-refractivity contribution in [1.29, 1.82) is 0 Å². The van der Waals surface area contributed by atoms with Gasteiger partial charge in [-0.15, -0.1) is 0 Å². The summed E-state index contributed by atoms with van der Waals surface area (Å²) in [5.74, 6) is 0.603. The van der Waals surface area contributed by atoms with E-state index in [9.17, 15) is 13.6 Å². The number of hydrogen-bond acceptors (Lipinski definition) is 5. The molecule has 3 rings (SSSR count). The van der Waals surface area contributed by atoms with Gasteiger partial charge >= 0.3 is 5.56 Å². The Bertz CT molecular complexity index is 1070. The number of alkyl halides is 1. The van der Waals surface area contributed by atoms with Crippen LogP contribution in [0.4, 0.5) is 20.4 Å². The monoisotopic (exact) mass is 451 g/mol. The second kappa shape index (κ2) is 11.3. The molecule has 0 amide bonds. The molecule has 0 aliphatic heterocycles. The molecular weight excluding hydrogens is 428 g/mol. The first-order valence-electron chi connectivity index (χ1n) is 9.35. The number of nitrogens with zero attached hydrogens (tertiary/aromatic N) is 2. The van der Waals surface area contributed by atoms with Crippen LogP contribution in [-0.2, 0) is 13.0 Å². The van der Waals surface area contributed by atoms with Crippen LogP contribution in [0, 0.1) is 5.82 Å². The average Bonchev–Trinajstić information content (AvgIpc) is 2.76. The molecule has 0 unspecified atom stereocenters. The second-order valence-corrected chi connectivity index (χ2v) is 6.78. The molecule has 0 aliphatic carbocycles. The van der Waals surface area contributed by atoms with Crippen molar-refractivity contribution in [3.05, 3.63) is 74.9 Å². The Morgan fingerprint density at radius 2 is 1.87 bits per heavy atom. The summed E-state index contributed by atoms with van der Waals surface area (Å²) in [4.78, 5) is 16.4. The van der Waals surface area contributed by atoms with Crippen LogP contribution in [0.2, 0.25) is 5.02 Å². The van der Waals surface area contributed by atoms with E-state index in [4.69, 9.17) is 21.1 Å². The Labute approximate surface area is 184 Å². The van der Waals surface area contributed by atoms with E-state index in [-0.39, 0.29) is 17.3 Å². The summed E-state index contributed by atoms with van der Waals surface area (Å²) in [5, 5.41) is 3.49. The van der Waals surface area contributed by atoms with Crippen LogP contribution >= 0.6 is 11.6 Å². The molecule has 6 nitrogen and oxygen atoms in total. The van der Waals surface area contributed by atoms with Gasteiger partial charge in [0.05, 0.1) is 34.1 Å². The van der Waals surface area contributed by atoms with Gasteiger partial charge in [0, 0.05) is 16.8 Å². The fraction of sp³-hybridized carbons (Fsp3) is 0.273. The van der Waals surface area contributed by atoms with Crippen molar-refractivity contribution in [2.45, 2.75) is 19.9 Å². The van der Waals surface area contributed by atoms with Gasteiger partial charge in [-0.25, -0.2) is 4.39 Å². The van der Waals surface area contributed by atoms with Gasteiger partial charge in [-0.1, -0.05) is 24.6 Å². The lowest BCUT2D eigenvalue weighted by Gasteiger charge is -2.17. The number of benzene rings is 2. The number of ether oxygens (including phenoxy) is 2. The topological polar surface area (TPSA) is 65.4 Å². The fourth-order valence-corrected chi connectivity index (χ4v) is 3.20. The summed E-state index contributed by atoms with van der Waals surface area (Å²) in [5.41, 5.74) is 1.89. The van der Waals surface area contributed by atoms with Gasteiger partial charge in [0.15, 0.2) is 0 Å². The van der Waals surface area contributed by atoms with Crippen molar-refractivity contribution in [2.75, 3.05) is 26.7 Å². The smallest absolute Gasteiger partial charge is 0.316 e. The number of halogens is 3. The summed E-state index contributed by atoms with van der Waals surface area (Å²) in [7, 11) is 3.48. The summed E-state index contributed by atoms with van der Waals surface area (Å²) in [6, 6.07) is 9.91. The van der Waals surface area contributed by atoms with Crippen LogP contribution in [0.15, 0.2) is 47.4 Å². The molecule has 0 saturated carbocycles. The highest BCUT2D eigenvalue weighted by molar-refractivity contribution is 6.30. The highest BCUT2D eigenvalue weighted by atomic mass is 35.5. The maximum Gasteiger partial charge on any atom is 0.316 e. The molecule has 31 heavy (non-hydrogen) atoms. The molecule has 0 saturated heterocycles. The Hall–Kier alpha value is -3.13. The van der Waals surface area contributed by atoms with E-state index in [1.54, 1.807) is 17.7 Å². The van der Waals surface area contributed by atoms with E-state index in [2.05, 4.69) is 10.3 Å². The maximum atomic E-state index is 13.8. The van der Waals surface area contributed by atoms with E-state index in [0.29, 0.717) is 24.4 Å². The maximum absolute atomic E-state index is 13.8. The molecule has 0 radical (unpaired) electrons. The molecule has 0 atom stereocenters. The van der Waals surface area contributed by atoms with Crippen molar-refractivity contribution in [3.63, 3.8) is 0 Å². The van der Waals surface area contributed by atoms with Crippen molar-refractivity contribution < 1.29 is 18.3 Å². The van der Waals surface area contributed by atoms with Crippen molar-refractivity contribution >= 4 is 23.2 Å². The SMILES string of the molecule is CCc1ccc(OC)cc1Nc1nc(=O)c(OC)cn1Cc1cc(F)cc(Cl)c1.CF. The first-order valence-corrected chi connectivity index (χ1v) is 9.73. The molecule has 3 aromatic rings. The van der Waals surface area contributed by atoms with Gasteiger partial charge in [-0.05, 0) is 41.8 Å². The van der Waals surface area contributed by atoms with Gasteiger partial charge in [0.25, 0.3) is 0 Å². The van der Waals surface area contributed by atoms with E-state index in [0.717, 1.165) is 17.7 Å². The molecule has 0 fully saturated rings. The summed E-state index contributed by atoms with van der Waals surface area (Å²) >= 11 is 5.97. The third-order valence-corrected chi connectivity index (χ3v) is 4.62. The molecule has 9 heteroatoms. The lowest BCUT2D eigenvalue weighted by atomic mass is 10.1. The lowest BCUT2D eigenvalue weighted by Crippen LogP contribution is -2.19. The van der Waals surface area contributed by atoms with Crippen LogP contribution in [0.5, 0.6) is 11.5 Å². The molecule has 1 aromatic heterocycles. The number of anilines is 2. The Morgan fingerprint density at radius 3 is 2.48 bits per heavy atom. The Morgan fingerprint density at radius 1 is 1.13 bits per heavy atom. The molecule has 2 aromatic carbocycles. The van der Waals surface area contributed by atoms with Gasteiger partial charge < -0.3 is 19.4 Å². The highest BCUT2D eigenvalue weighted by Crippen LogP contribution is 2.26. The van der Waals surface area contributed by atoms with E-state index in [1.165, 1.54) is 25.4 Å². The third-order valence-electron chi connectivity index (χ3n) is 4.40. The minimum Gasteiger partial charge on any atom is -0.497 e. The average molecular weight is 452 g/mol. The molecule has 1 N–H and O–H groups in total. The zero-order chi connectivity index (χ0) is 23.0. The van der Waals surface area contributed by atoms with Gasteiger partial charge in [-0.3, -0.25) is 9.18 Å². The van der Waals surface area contributed by atoms with E-state index in [1.807, 2.05) is 25.1 Å². The number of methoxy groups -OCH3 is 2. The normalized spacial score (nSPS) is 10.2. The van der Waals surface area contributed by atoms with E-state index < -0.39 is 11.4 Å². The number of hydrogen-bond donors (Lipinski definition) is 1. The number of rotatable bonds is 7. The highest BCUT2D eigenvalue weighted by Gasteiger charge is 2.13. The van der Waals surface area contributed by atoms with Crippen molar-refractivity contribution in [2.24, 2.45) is 0 Å². The zero-order valence-corrected chi connectivity index (χ0v) is 18.5. The van der Waals surface area contributed by atoms with Gasteiger partial charge in [0.2, 0.25) is 11.7 Å². The number of aromatic nitrogens is 2. The fourth-order valence-electron chi connectivity index (χ4n) is 2.96. The van der Waals surface area contributed by atoms with Crippen LogP contribution in [-0.4, -0.2) is 30.9 Å². The minimum atomic E-state index is -0.510. The zero-order valence-electron chi connectivity index (χ0n) is 17.7. The predicted molar refractivity (Wildman–Crippen MR) is 118 cm³/mol. The largest absolute Gasteiger partial charge is 0.497 e. The molecule has 166 valence electrons. The van der Waals surface area contributed by atoms with Crippen LogP contribution in [0.1, 0.15) is 18.1 Å². The van der Waals surface area contributed by atoms with Gasteiger partial charge in [-0.2, -0.15) is 4.98 Å². The quantitative estimate of drug-likeness (QED) is 0.548. The number of aryl methyl sites for hydroxylation is 1. The Kier molecular flexibility index (Phi) is 8.81. The lowest BCUT2D eigenvalue weighted by molar-refractivity contribution is 0.402. The summed E-state index contributed by atoms with van der Waals surface area (Å²) in [6.07, 6.45) is 2.30. The summed E-state index contributed by atoms with van der Waals surface area (Å²) in [6.45, 7) is 2.26. The Balaban J connectivity index is 0.00000166. The molecule has 0 spiro atoms. The molecule has 1 heterocycles. The van der Waals surface area contributed by atoms with Gasteiger partial charge in [0.1, 0.15) is 11.6 Å². The first kappa shape index (κ1) is 24.1. The molecule has 0 aliphatic rings. The predicted octanol–water partition coefficient (Wildman–Crippen LogP) is 4.99.